The molecule has 1 N–H and O–H groups in total. The van der Waals surface area contributed by atoms with Crippen molar-refractivity contribution in [1.82, 2.24) is 9.80 Å². The van der Waals surface area contributed by atoms with Gasteiger partial charge >= 0.3 is 0 Å². The molecule has 0 amide bonds. The quantitative estimate of drug-likeness (QED) is 0.670. The molecule has 1 fully saturated rings. The molecule has 4 rings (SSSR count). The van der Waals surface area contributed by atoms with Crippen molar-refractivity contribution in [3.05, 3.63) is 59.7 Å². The summed E-state index contributed by atoms with van der Waals surface area (Å²) in [5.41, 5.74) is 2.61. The Bertz CT molecular complexity index is 766. The summed E-state index contributed by atoms with van der Waals surface area (Å²) in [4.78, 5) is 5.81. The van der Waals surface area contributed by atoms with Gasteiger partial charge < -0.3 is 14.0 Å². The molecule has 2 aliphatic rings. The minimum Gasteiger partial charge on any atom is -0.492 e. The van der Waals surface area contributed by atoms with Crippen molar-refractivity contribution in [3.8, 4) is 5.75 Å². The molecule has 0 bridgehead atoms. The van der Waals surface area contributed by atoms with Crippen LogP contribution in [0.2, 0.25) is 0 Å². The van der Waals surface area contributed by atoms with Gasteiger partial charge in [0.15, 0.2) is 0 Å². The van der Waals surface area contributed by atoms with Crippen LogP contribution in [0.4, 0.5) is 0 Å². The van der Waals surface area contributed by atoms with Gasteiger partial charge in [-0.2, -0.15) is 0 Å². The average Bonchev–Trinajstić information content (AvgIpc) is 2.76. The lowest BCUT2D eigenvalue weighted by atomic mass is 10.1. The summed E-state index contributed by atoms with van der Waals surface area (Å²) in [5.74, 6) is 0.952. The standard InChI is InChI=1S/C23H30N2O3S/c26-21(18-28-29-22-10-4-8-20-9-5-15-27-23(20)22)17-25-13-11-24(12-14-25)16-19-6-2-1-3-7-19/h1-4,6-8,10,21,26H,5,9,11-18H2. The molecular weight excluding hydrogens is 384 g/mol. The number of hydrogen-bond donors (Lipinski definition) is 1. The molecule has 2 aliphatic heterocycles. The van der Waals surface area contributed by atoms with Crippen molar-refractivity contribution in [1.29, 1.82) is 0 Å². The van der Waals surface area contributed by atoms with Crippen molar-refractivity contribution in [3.63, 3.8) is 0 Å². The van der Waals surface area contributed by atoms with Crippen LogP contribution in [0.25, 0.3) is 0 Å². The molecule has 1 atom stereocenters. The number of β-amino-alcohol motifs (C(OH)–C–C–N with tert-alkyl or cyclic N) is 1. The maximum atomic E-state index is 10.4. The van der Waals surface area contributed by atoms with E-state index >= 15 is 0 Å². The summed E-state index contributed by atoms with van der Waals surface area (Å²) in [5, 5.41) is 10.4. The molecule has 0 radical (unpaired) electrons. The van der Waals surface area contributed by atoms with E-state index in [0.29, 0.717) is 13.2 Å². The maximum Gasteiger partial charge on any atom is 0.138 e. The monoisotopic (exact) mass is 414 g/mol. The number of rotatable bonds is 8. The molecule has 29 heavy (non-hydrogen) atoms. The first-order valence-corrected chi connectivity index (χ1v) is 11.2. The minimum absolute atomic E-state index is 0.318. The lowest BCUT2D eigenvalue weighted by molar-refractivity contribution is 0.0491. The van der Waals surface area contributed by atoms with Gasteiger partial charge in [-0.15, -0.1) is 0 Å². The fourth-order valence-corrected chi connectivity index (χ4v) is 4.67. The van der Waals surface area contributed by atoms with Crippen LogP contribution in [0, 0.1) is 0 Å². The van der Waals surface area contributed by atoms with E-state index in [2.05, 4.69) is 46.2 Å². The van der Waals surface area contributed by atoms with E-state index in [9.17, 15) is 5.11 Å². The average molecular weight is 415 g/mol. The summed E-state index contributed by atoms with van der Waals surface area (Å²) < 4.78 is 11.5. The molecule has 2 aromatic carbocycles. The topological polar surface area (TPSA) is 45.2 Å². The summed E-state index contributed by atoms with van der Waals surface area (Å²) in [6, 6.07) is 16.8. The van der Waals surface area contributed by atoms with Crippen LogP contribution in [0.15, 0.2) is 53.4 Å². The summed E-state index contributed by atoms with van der Waals surface area (Å²) in [6.45, 7) is 6.77. The van der Waals surface area contributed by atoms with Gasteiger partial charge in [-0.05, 0) is 30.0 Å². The molecule has 1 unspecified atom stereocenters. The van der Waals surface area contributed by atoms with Crippen LogP contribution in [0.3, 0.4) is 0 Å². The van der Waals surface area contributed by atoms with Crippen LogP contribution in [0.1, 0.15) is 17.5 Å². The molecular formula is C23H30N2O3S. The number of aryl methyl sites for hydroxylation is 1. The number of aliphatic hydroxyl groups excluding tert-OH is 1. The first-order valence-electron chi connectivity index (χ1n) is 10.5. The lowest BCUT2D eigenvalue weighted by Gasteiger charge is -2.35. The van der Waals surface area contributed by atoms with Gasteiger partial charge in [0.1, 0.15) is 5.75 Å². The summed E-state index contributed by atoms with van der Waals surface area (Å²) in [7, 11) is 0. The number of benzene rings is 2. The van der Waals surface area contributed by atoms with Crippen molar-refractivity contribution < 1.29 is 14.0 Å². The van der Waals surface area contributed by atoms with E-state index in [1.165, 1.54) is 23.2 Å². The fourth-order valence-electron chi connectivity index (χ4n) is 3.92. The lowest BCUT2D eigenvalue weighted by Crippen LogP contribution is -2.48. The molecule has 5 nitrogen and oxygen atoms in total. The van der Waals surface area contributed by atoms with E-state index in [1.807, 2.05) is 12.1 Å². The Morgan fingerprint density at radius 3 is 2.62 bits per heavy atom. The summed E-state index contributed by atoms with van der Waals surface area (Å²) >= 11 is 1.32. The fraction of sp³-hybridized carbons (Fsp3) is 0.478. The second-order valence-corrected chi connectivity index (χ2v) is 8.62. The number of fused-ring (bicyclic) bond motifs is 1. The largest absolute Gasteiger partial charge is 0.492 e. The molecule has 2 aromatic rings. The minimum atomic E-state index is -0.483. The highest BCUT2D eigenvalue weighted by Gasteiger charge is 2.20. The third-order valence-corrected chi connectivity index (χ3v) is 6.24. The molecule has 1 saturated heterocycles. The predicted molar refractivity (Wildman–Crippen MR) is 116 cm³/mol. The number of hydrogen-bond acceptors (Lipinski definition) is 6. The molecule has 0 aliphatic carbocycles. The second kappa shape index (κ2) is 10.5. The van der Waals surface area contributed by atoms with Crippen LogP contribution in [-0.2, 0) is 17.1 Å². The number of para-hydroxylation sites is 1. The van der Waals surface area contributed by atoms with E-state index in [1.54, 1.807) is 0 Å². The zero-order valence-corrected chi connectivity index (χ0v) is 17.7. The second-order valence-electron chi connectivity index (χ2n) is 7.78. The highest BCUT2D eigenvalue weighted by Crippen LogP contribution is 2.36. The van der Waals surface area contributed by atoms with Crippen LogP contribution in [-0.4, -0.2) is 66.9 Å². The third-order valence-electron chi connectivity index (χ3n) is 5.49. The maximum absolute atomic E-state index is 10.4. The Morgan fingerprint density at radius 1 is 1.00 bits per heavy atom. The van der Waals surface area contributed by atoms with E-state index in [4.69, 9.17) is 8.92 Å². The first kappa shape index (κ1) is 20.7. The van der Waals surface area contributed by atoms with E-state index in [-0.39, 0.29) is 0 Å². The highest BCUT2D eigenvalue weighted by atomic mass is 32.2. The smallest absolute Gasteiger partial charge is 0.138 e. The molecule has 156 valence electrons. The molecule has 0 aromatic heterocycles. The van der Waals surface area contributed by atoms with Gasteiger partial charge in [0.2, 0.25) is 0 Å². The normalized spacial score (nSPS) is 18.8. The first-order chi connectivity index (χ1) is 14.3. The van der Waals surface area contributed by atoms with Gasteiger partial charge in [0.05, 0.1) is 24.2 Å². The Morgan fingerprint density at radius 2 is 1.79 bits per heavy atom. The van der Waals surface area contributed by atoms with Gasteiger partial charge in [-0.1, -0.05) is 42.5 Å². The Balaban J connectivity index is 1.16. The van der Waals surface area contributed by atoms with Crippen LogP contribution < -0.4 is 4.74 Å². The van der Waals surface area contributed by atoms with E-state index in [0.717, 1.165) is 62.8 Å². The van der Waals surface area contributed by atoms with Gasteiger partial charge in [0, 0.05) is 51.3 Å². The number of aliphatic hydroxyl groups is 1. The van der Waals surface area contributed by atoms with Crippen molar-refractivity contribution >= 4 is 12.0 Å². The van der Waals surface area contributed by atoms with Crippen molar-refractivity contribution in [2.24, 2.45) is 0 Å². The van der Waals surface area contributed by atoms with Gasteiger partial charge in [-0.25, -0.2) is 0 Å². The highest BCUT2D eigenvalue weighted by molar-refractivity contribution is 7.94. The zero-order chi connectivity index (χ0) is 19.9. The van der Waals surface area contributed by atoms with Gasteiger partial charge in [0.25, 0.3) is 0 Å². The molecule has 2 heterocycles. The summed E-state index contributed by atoms with van der Waals surface area (Å²) in [6.07, 6.45) is 1.64. The van der Waals surface area contributed by atoms with Gasteiger partial charge in [-0.3, -0.25) is 9.80 Å². The molecule has 0 saturated carbocycles. The molecule has 0 spiro atoms. The van der Waals surface area contributed by atoms with E-state index < -0.39 is 6.10 Å². The van der Waals surface area contributed by atoms with Crippen molar-refractivity contribution in [2.45, 2.75) is 30.4 Å². The van der Waals surface area contributed by atoms with Crippen molar-refractivity contribution in [2.75, 3.05) is 45.9 Å². The third kappa shape index (κ3) is 5.96. The SMILES string of the molecule is OC(COSc1cccc2c1OCCC2)CN1CCN(Cc2ccccc2)CC1. The predicted octanol–water partition coefficient (Wildman–Crippen LogP) is 3.21. The number of piperazine rings is 1. The Hall–Kier alpha value is -1.57. The Kier molecular flexibility index (Phi) is 7.46. The zero-order valence-electron chi connectivity index (χ0n) is 16.8. The number of nitrogens with zero attached hydrogens (tertiary/aromatic N) is 2. The van der Waals surface area contributed by atoms with Crippen LogP contribution >= 0.6 is 12.0 Å². The molecule has 6 heteroatoms. The number of ether oxygens (including phenoxy) is 1. The Labute approximate surface area is 177 Å². The van der Waals surface area contributed by atoms with Crippen LogP contribution in [0.5, 0.6) is 5.75 Å².